The first-order valence-electron chi connectivity index (χ1n) is 5.58. The van der Waals surface area contributed by atoms with Crippen LogP contribution in [0.15, 0.2) is 18.2 Å². The Bertz CT molecular complexity index is 433. The molecule has 0 aromatic heterocycles. The molecule has 1 atom stereocenters. The molecule has 4 nitrogen and oxygen atoms in total. The van der Waals surface area contributed by atoms with Crippen LogP contribution in [0.1, 0.15) is 19.8 Å². The number of rotatable bonds is 4. The summed E-state index contributed by atoms with van der Waals surface area (Å²) in [6.07, 6.45) is 1.53. The van der Waals surface area contributed by atoms with Gasteiger partial charge in [-0.3, -0.25) is 4.79 Å². The highest BCUT2D eigenvalue weighted by Crippen LogP contribution is 2.27. The number of hydrogen-bond acceptors (Lipinski definition) is 3. The third-order valence-electron chi connectivity index (χ3n) is 2.55. The van der Waals surface area contributed by atoms with Gasteiger partial charge in [-0.2, -0.15) is 0 Å². The van der Waals surface area contributed by atoms with E-state index in [1.807, 2.05) is 0 Å². The first kappa shape index (κ1) is 12.0. The van der Waals surface area contributed by atoms with Crippen LogP contribution in [0.2, 0.25) is 5.02 Å². The molecule has 2 rings (SSSR count). The van der Waals surface area contributed by atoms with Crippen molar-refractivity contribution in [3.63, 3.8) is 0 Å². The third kappa shape index (κ3) is 3.27. The third-order valence-corrected chi connectivity index (χ3v) is 2.86. The van der Waals surface area contributed by atoms with Crippen LogP contribution in [0, 0.1) is 0 Å². The predicted octanol–water partition coefficient (Wildman–Crippen LogP) is 1.97. The van der Waals surface area contributed by atoms with Crippen LogP contribution in [0.5, 0.6) is 5.75 Å². The van der Waals surface area contributed by atoms with Gasteiger partial charge in [-0.25, -0.2) is 0 Å². The van der Waals surface area contributed by atoms with Crippen LogP contribution in [-0.2, 0) is 4.79 Å². The Morgan fingerprint density at radius 3 is 2.94 bits per heavy atom. The zero-order chi connectivity index (χ0) is 12.4. The lowest BCUT2D eigenvalue weighted by atomic mass is 10.3. The number of amides is 1. The second-order valence-corrected chi connectivity index (χ2v) is 4.64. The normalized spacial score (nSPS) is 16.4. The lowest BCUT2D eigenvalue weighted by Crippen LogP contribution is -2.37. The van der Waals surface area contributed by atoms with E-state index in [2.05, 4.69) is 5.32 Å². The molecule has 1 unspecified atom stereocenters. The Kier molecular flexibility index (Phi) is 3.43. The topological polar surface area (TPSA) is 64.3 Å². The Balaban J connectivity index is 1.98. The van der Waals surface area contributed by atoms with E-state index in [0.717, 1.165) is 12.8 Å². The first-order valence-corrected chi connectivity index (χ1v) is 5.96. The quantitative estimate of drug-likeness (QED) is 0.808. The van der Waals surface area contributed by atoms with Gasteiger partial charge >= 0.3 is 0 Å². The fourth-order valence-electron chi connectivity index (χ4n) is 1.40. The smallest absolute Gasteiger partial charge is 0.260 e. The monoisotopic (exact) mass is 254 g/mol. The molecule has 1 aromatic rings. The number of halogens is 1. The van der Waals surface area contributed by atoms with Gasteiger partial charge < -0.3 is 15.8 Å². The number of carbonyl (C=O) groups is 1. The van der Waals surface area contributed by atoms with Crippen LogP contribution in [0.25, 0.3) is 0 Å². The average molecular weight is 255 g/mol. The minimum atomic E-state index is -0.574. The van der Waals surface area contributed by atoms with E-state index in [1.54, 1.807) is 25.1 Å². The molecule has 0 bridgehead atoms. The Morgan fingerprint density at radius 1 is 1.59 bits per heavy atom. The van der Waals surface area contributed by atoms with Crippen LogP contribution in [0.3, 0.4) is 0 Å². The highest BCUT2D eigenvalue weighted by Gasteiger charge is 2.26. The molecule has 1 fully saturated rings. The molecule has 0 radical (unpaired) electrons. The number of nitrogens with two attached hydrogens (primary N) is 1. The van der Waals surface area contributed by atoms with Gasteiger partial charge in [-0.1, -0.05) is 11.6 Å². The summed E-state index contributed by atoms with van der Waals surface area (Å²) in [7, 11) is 0. The van der Waals surface area contributed by atoms with Crippen molar-refractivity contribution in [3.05, 3.63) is 23.2 Å². The van der Waals surface area contributed by atoms with Crippen LogP contribution >= 0.6 is 11.6 Å². The molecule has 1 aromatic carbocycles. The van der Waals surface area contributed by atoms with Gasteiger partial charge in [0.1, 0.15) is 5.75 Å². The molecular formula is C12H15ClN2O2. The number of carbonyl (C=O) groups excluding carboxylic acids is 1. The van der Waals surface area contributed by atoms with E-state index >= 15 is 0 Å². The summed E-state index contributed by atoms with van der Waals surface area (Å²) in [6, 6.07) is 5.27. The fraction of sp³-hybridized carbons (Fsp3) is 0.417. The summed E-state index contributed by atoms with van der Waals surface area (Å²) in [6.45, 7) is 1.69. The van der Waals surface area contributed by atoms with E-state index in [-0.39, 0.29) is 5.91 Å². The maximum atomic E-state index is 11.7. The fourth-order valence-corrected chi connectivity index (χ4v) is 1.56. The number of nitrogens with one attached hydrogen (secondary N) is 1. The molecule has 0 saturated heterocycles. The summed E-state index contributed by atoms with van der Waals surface area (Å²) >= 11 is 5.95. The van der Waals surface area contributed by atoms with Gasteiger partial charge in [-0.15, -0.1) is 0 Å². The molecule has 1 aliphatic carbocycles. The van der Waals surface area contributed by atoms with Crippen molar-refractivity contribution in [3.8, 4) is 5.75 Å². The molecule has 92 valence electrons. The molecule has 1 aliphatic rings. The second-order valence-electron chi connectivity index (χ2n) is 4.23. The zero-order valence-electron chi connectivity index (χ0n) is 9.57. The predicted molar refractivity (Wildman–Crippen MR) is 67.1 cm³/mol. The van der Waals surface area contributed by atoms with Gasteiger partial charge in [-0.05, 0) is 31.9 Å². The highest BCUT2D eigenvalue weighted by atomic mass is 35.5. The summed E-state index contributed by atoms with van der Waals surface area (Å²) in [4.78, 5) is 11.7. The minimum Gasteiger partial charge on any atom is -0.479 e. The number of hydrogen-bond donors (Lipinski definition) is 2. The molecule has 1 amide bonds. The standard InChI is InChI=1S/C12H15ClN2O2/c1-7(12(16)15-9-3-4-9)17-11-6-8(14)2-5-10(11)13/h2,5-7,9H,3-4,14H2,1H3,(H,15,16). The molecule has 0 spiro atoms. The van der Waals surface area contributed by atoms with Crippen LogP contribution in [-0.4, -0.2) is 18.1 Å². The van der Waals surface area contributed by atoms with Gasteiger partial charge in [0.2, 0.25) is 0 Å². The maximum Gasteiger partial charge on any atom is 0.260 e. The molecule has 0 heterocycles. The number of anilines is 1. The number of ether oxygens (including phenoxy) is 1. The summed E-state index contributed by atoms with van der Waals surface area (Å²) in [5.41, 5.74) is 6.19. The second kappa shape index (κ2) is 4.84. The molecule has 3 N–H and O–H groups in total. The van der Waals surface area contributed by atoms with Gasteiger partial charge in [0.25, 0.3) is 5.91 Å². The summed E-state index contributed by atoms with van der Waals surface area (Å²) in [5, 5.41) is 3.32. The number of nitrogen functional groups attached to an aromatic ring is 1. The van der Waals surface area contributed by atoms with Crippen molar-refractivity contribution in [1.82, 2.24) is 5.32 Å². The Hall–Kier alpha value is -1.42. The van der Waals surface area contributed by atoms with E-state index in [9.17, 15) is 4.79 Å². The lowest BCUT2D eigenvalue weighted by molar-refractivity contribution is -0.127. The molecule has 1 saturated carbocycles. The van der Waals surface area contributed by atoms with Gasteiger partial charge in [0.15, 0.2) is 6.10 Å². The van der Waals surface area contributed by atoms with Crippen molar-refractivity contribution < 1.29 is 9.53 Å². The van der Waals surface area contributed by atoms with E-state index in [0.29, 0.717) is 22.5 Å². The van der Waals surface area contributed by atoms with Crippen molar-refractivity contribution in [1.29, 1.82) is 0 Å². The van der Waals surface area contributed by atoms with Crippen molar-refractivity contribution in [2.24, 2.45) is 0 Å². The van der Waals surface area contributed by atoms with Crippen molar-refractivity contribution in [2.45, 2.75) is 31.9 Å². The maximum absolute atomic E-state index is 11.7. The molecular weight excluding hydrogens is 240 g/mol. The van der Waals surface area contributed by atoms with Crippen LogP contribution in [0.4, 0.5) is 5.69 Å². The lowest BCUT2D eigenvalue weighted by Gasteiger charge is -2.15. The first-order chi connectivity index (χ1) is 8.06. The Morgan fingerprint density at radius 2 is 2.29 bits per heavy atom. The zero-order valence-corrected chi connectivity index (χ0v) is 10.3. The van der Waals surface area contributed by atoms with E-state index in [4.69, 9.17) is 22.1 Å². The van der Waals surface area contributed by atoms with Crippen molar-refractivity contribution >= 4 is 23.2 Å². The Labute approximate surface area is 105 Å². The van der Waals surface area contributed by atoms with Gasteiger partial charge in [0.05, 0.1) is 5.02 Å². The van der Waals surface area contributed by atoms with Gasteiger partial charge in [0, 0.05) is 17.8 Å². The molecule has 5 heteroatoms. The van der Waals surface area contributed by atoms with E-state index < -0.39 is 6.10 Å². The van der Waals surface area contributed by atoms with Crippen molar-refractivity contribution in [2.75, 3.05) is 5.73 Å². The molecule has 0 aliphatic heterocycles. The SMILES string of the molecule is CC(Oc1cc(N)ccc1Cl)C(=O)NC1CC1. The largest absolute Gasteiger partial charge is 0.479 e. The average Bonchev–Trinajstić information content (AvgIpc) is 3.07. The minimum absolute atomic E-state index is 0.119. The number of benzene rings is 1. The highest BCUT2D eigenvalue weighted by molar-refractivity contribution is 6.32. The summed E-state index contributed by atoms with van der Waals surface area (Å²) in [5.74, 6) is 0.316. The van der Waals surface area contributed by atoms with Crippen LogP contribution < -0.4 is 15.8 Å². The summed E-state index contributed by atoms with van der Waals surface area (Å²) < 4.78 is 5.49. The molecule has 17 heavy (non-hydrogen) atoms. The van der Waals surface area contributed by atoms with E-state index in [1.165, 1.54) is 0 Å².